The molecule has 0 aliphatic carbocycles. The number of guanidine groups is 1. The molecule has 0 bridgehead atoms. The van der Waals surface area contributed by atoms with Crippen molar-refractivity contribution in [1.29, 1.82) is 0 Å². The Bertz CT molecular complexity index is 779. The molecule has 1 fully saturated rings. The van der Waals surface area contributed by atoms with Crippen molar-refractivity contribution >= 4 is 41.5 Å². The highest BCUT2D eigenvalue weighted by Gasteiger charge is 2.23. The molecule has 0 saturated carbocycles. The predicted molar refractivity (Wildman–Crippen MR) is 126 cm³/mol. The van der Waals surface area contributed by atoms with Crippen LogP contribution in [-0.2, 0) is 18.3 Å². The van der Waals surface area contributed by atoms with E-state index >= 15 is 0 Å². The van der Waals surface area contributed by atoms with Gasteiger partial charge in [0.2, 0.25) is 0 Å². The molecule has 1 aliphatic rings. The number of aromatic nitrogens is 3. The van der Waals surface area contributed by atoms with Crippen molar-refractivity contribution in [2.24, 2.45) is 12.0 Å². The van der Waals surface area contributed by atoms with Gasteiger partial charge in [-0.05, 0) is 24.6 Å². The summed E-state index contributed by atoms with van der Waals surface area (Å²) in [6.07, 6.45) is 1.54. The van der Waals surface area contributed by atoms with E-state index in [4.69, 9.17) is 16.3 Å². The van der Waals surface area contributed by atoms with Gasteiger partial charge in [-0.2, -0.15) is 5.10 Å². The molecule has 2 heterocycles. The fraction of sp³-hybridized carbons (Fsp3) is 0.526. The fourth-order valence-corrected chi connectivity index (χ4v) is 3.41. The molecule has 2 aromatic rings. The van der Waals surface area contributed by atoms with Gasteiger partial charge < -0.3 is 15.4 Å². The smallest absolute Gasteiger partial charge is 0.191 e. The van der Waals surface area contributed by atoms with Gasteiger partial charge in [-0.3, -0.25) is 9.58 Å². The van der Waals surface area contributed by atoms with Crippen LogP contribution in [0.1, 0.15) is 24.4 Å². The number of aryl methyl sites for hydroxylation is 1. The van der Waals surface area contributed by atoms with E-state index in [9.17, 15) is 0 Å². The van der Waals surface area contributed by atoms with Gasteiger partial charge in [-0.15, -0.1) is 24.0 Å². The number of rotatable bonds is 7. The van der Waals surface area contributed by atoms with Crippen molar-refractivity contribution in [2.75, 3.05) is 39.4 Å². The van der Waals surface area contributed by atoms with Crippen LogP contribution in [0.5, 0.6) is 0 Å². The normalized spacial score (nSPS) is 16.2. The Morgan fingerprint density at radius 3 is 2.76 bits per heavy atom. The monoisotopic (exact) mass is 533 g/mol. The minimum Gasteiger partial charge on any atom is -0.379 e. The number of nitrogens with zero attached hydrogens (tertiary/aromatic N) is 5. The van der Waals surface area contributed by atoms with Gasteiger partial charge >= 0.3 is 0 Å². The zero-order chi connectivity index (χ0) is 19.8. The largest absolute Gasteiger partial charge is 0.379 e. The van der Waals surface area contributed by atoms with Crippen molar-refractivity contribution in [2.45, 2.75) is 19.5 Å². The average Bonchev–Trinajstić information content (AvgIpc) is 3.12. The molecule has 0 amide bonds. The average molecular weight is 534 g/mol. The van der Waals surface area contributed by atoms with Crippen LogP contribution in [0.15, 0.2) is 35.6 Å². The van der Waals surface area contributed by atoms with Crippen LogP contribution in [0, 0.1) is 0 Å². The third kappa shape index (κ3) is 7.09. The maximum atomic E-state index is 6.25. The first-order valence-electron chi connectivity index (χ1n) is 9.59. The minimum absolute atomic E-state index is 0. The van der Waals surface area contributed by atoms with Crippen LogP contribution in [-0.4, -0.2) is 65.0 Å². The number of morpholine rings is 1. The summed E-state index contributed by atoms with van der Waals surface area (Å²) in [5, 5.41) is 11.6. The first-order chi connectivity index (χ1) is 13.7. The maximum Gasteiger partial charge on any atom is 0.191 e. The summed E-state index contributed by atoms with van der Waals surface area (Å²) in [7, 11) is 1.87. The molecule has 1 aliphatic heterocycles. The van der Waals surface area contributed by atoms with Gasteiger partial charge in [0.25, 0.3) is 0 Å². The summed E-state index contributed by atoms with van der Waals surface area (Å²) in [4.78, 5) is 11.3. The Balaban J connectivity index is 0.00000300. The van der Waals surface area contributed by atoms with E-state index in [-0.39, 0.29) is 30.0 Å². The van der Waals surface area contributed by atoms with E-state index in [1.807, 2.05) is 25.2 Å². The van der Waals surface area contributed by atoms with Crippen LogP contribution < -0.4 is 10.6 Å². The predicted octanol–water partition coefficient (Wildman–Crippen LogP) is 2.22. The number of ether oxygens (including phenoxy) is 1. The molecular weight excluding hydrogens is 505 g/mol. The first kappa shape index (κ1) is 23.8. The molecule has 1 aromatic carbocycles. The van der Waals surface area contributed by atoms with E-state index < -0.39 is 0 Å². The van der Waals surface area contributed by atoms with Crippen LogP contribution in [0.2, 0.25) is 5.02 Å². The molecule has 2 N–H and O–H groups in total. The molecule has 10 heteroatoms. The molecular formula is C19H29ClIN7O. The first-order valence-corrected chi connectivity index (χ1v) is 9.97. The summed E-state index contributed by atoms with van der Waals surface area (Å²) in [5.74, 6) is 1.57. The molecule has 160 valence electrons. The summed E-state index contributed by atoms with van der Waals surface area (Å²) in [6.45, 7) is 7.29. The summed E-state index contributed by atoms with van der Waals surface area (Å²) < 4.78 is 7.26. The molecule has 8 nitrogen and oxygen atoms in total. The highest BCUT2D eigenvalue weighted by atomic mass is 127. The third-order valence-electron chi connectivity index (χ3n) is 4.71. The van der Waals surface area contributed by atoms with Crippen LogP contribution >= 0.6 is 35.6 Å². The van der Waals surface area contributed by atoms with E-state index in [1.54, 1.807) is 11.0 Å². The number of hydrogen-bond acceptors (Lipinski definition) is 5. The molecule has 1 atom stereocenters. The maximum absolute atomic E-state index is 6.25. The lowest BCUT2D eigenvalue weighted by molar-refractivity contribution is 0.0170. The topological polar surface area (TPSA) is 79.6 Å². The van der Waals surface area contributed by atoms with Crippen LogP contribution in [0.25, 0.3) is 0 Å². The number of aliphatic imine (C=N–C) groups is 1. The highest BCUT2D eigenvalue weighted by molar-refractivity contribution is 14.0. The lowest BCUT2D eigenvalue weighted by Crippen LogP contribution is -2.46. The molecule has 0 spiro atoms. The molecule has 3 rings (SSSR count). The fourth-order valence-electron chi connectivity index (χ4n) is 3.21. The van der Waals surface area contributed by atoms with Gasteiger partial charge in [0.1, 0.15) is 18.7 Å². The Morgan fingerprint density at radius 1 is 1.31 bits per heavy atom. The van der Waals surface area contributed by atoms with Crippen molar-refractivity contribution in [1.82, 2.24) is 30.3 Å². The van der Waals surface area contributed by atoms with Gasteiger partial charge in [-0.25, -0.2) is 9.98 Å². The third-order valence-corrected chi connectivity index (χ3v) is 4.95. The minimum atomic E-state index is 0. The van der Waals surface area contributed by atoms with E-state index in [0.29, 0.717) is 13.1 Å². The number of benzene rings is 1. The number of halogens is 2. The van der Waals surface area contributed by atoms with E-state index in [1.165, 1.54) is 5.56 Å². The summed E-state index contributed by atoms with van der Waals surface area (Å²) in [6, 6.07) is 8.24. The van der Waals surface area contributed by atoms with Gasteiger partial charge in [0.05, 0.1) is 19.3 Å². The zero-order valence-electron chi connectivity index (χ0n) is 16.8. The van der Waals surface area contributed by atoms with Crippen molar-refractivity contribution in [3.63, 3.8) is 0 Å². The molecule has 1 aromatic heterocycles. The van der Waals surface area contributed by atoms with Crippen LogP contribution in [0.4, 0.5) is 0 Å². The Kier molecular flexibility index (Phi) is 10.1. The Hall–Kier alpha value is -1.43. The highest BCUT2D eigenvalue weighted by Crippen LogP contribution is 2.23. The van der Waals surface area contributed by atoms with E-state index in [0.717, 1.165) is 49.7 Å². The number of hydrogen-bond donors (Lipinski definition) is 2. The Morgan fingerprint density at radius 2 is 2.10 bits per heavy atom. The van der Waals surface area contributed by atoms with Gasteiger partial charge in [0, 0.05) is 38.2 Å². The SMILES string of the molecule is CCNC(=NCc1ncnn1C)NCC(c1cccc(Cl)c1)N1CCOCC1.I. The van der Waals surface area contributed by atoms with Gasteiger partial charge in [-0.1, -0.05) is 23.7 Å². The lowest BCUT2D eigenvalue weighted by atomic mass is 10.0. The quantitative estimate of drug-likeness (QED) is 0.323. The molecule has 0 radical (unpaired) electrons. The molecule has 1 saturated heterocycles. The Labute approximate surface area is 194 Å². The standard InChI is InChI=1S/C19H28ClN7O.HI/c1-3-21-19(23-13-18-24-14-25-26(18)2)22-12-17(27-7-9-28-10-8-27)15-5-4-6-16(20)11-15;/h4-6,11,14,17H,3,7-10,12-13H2,1-2H3,(H2,21,22,23);1H. The van der Waals surface area contributed by atoms with Gasteiger partial charge in [0.15, 0.2) is 5.96 Å². The van der Waals surface area contributed by atoms with Crippen molar-refractivity contribution in [3.05, 3.63) is 47.0 Å². The number of nitrogens with one attached hydrogen (secondary N) is 2. The van der Waals surface area contributed by atoms with E-state index in [2.05, 4.69) is 43.6 Å². The second-order valence-electron chi connectivity index (χ2n) is 6.60. The van der Waals surface area contributed by atoms with Crippen LogP contribution in [0.3, 0.4) is 0 Å². The molecule has 1 unspecified atom stereocenters. The second-order valence-corrected chi connectivity index (χ2v) is 7.03. The summed E-state index contributed by atoms with van der Waals surface area (Å²) in [5.41, 5.74) is 1.19. The second kappa shape index (κ2) is 12.3. The lowest BCUT2D eigenvalue weighted by Gasteiger charge is -2.35. The van der Waals surface area contributed by atoms with Crippen molar-refractivity contribution in [3.8, 4) is 0 Å². The summed E-state index contributed by atoms with van der Waals surface area (Å²) >= 11 is 6.25. The zero-order valence-corrected chi connectivity index (χ0v) is 19.9. The molecule has 29 heavy (non-hydrogen) atoms. The van der Waals surface area contributed by atoms with Crippen molar-refractivity contribution < 1.29 is 4.74 Å².